The number of sulfonamides is 1. The molecule has 6 nitrogen and oxygen atoms in total. The SMILES string of the molecule is COc1ccc(C)cc1S(=O)(=O)N(CC(=O)NCCc1ccccc1)c1ccc(F)cc1. The number of benzene rings is 3. The first-order chi connectivity index (χ1) is 15.3. The lowest BCUT2D eigenvalue weighted by molar-refractivity contribution is -0.119. The van der Waals surface area contributed by atoms with Crippen molar-refractivity contribution in [2.24, 2.45) is 0 Å². The second-order valence-corrected chi connectivity index (χ2v) is 9.06. The van der Waals surface area contributed by atoms with Crippen molar-refractivity contribution in [3.63, 3.8) is 0 Å². The number of rotatable bonds is 9. The number of anilines is 1. The van der Waals surface area contributed by atoms with Gasteiger partial charge in [-0.1, -0.05) is 36.4 Å². The van der Waals surface area contributed by atoms with E-state index in [-0.39, 0.29) is 16.3 Å². The maximum absolute atomic E-state index is 13.6. The van der Waals surface area contributed by atoms with Gasteiger partial charge in [0.1, 0.15) is 23.0 Å². The number of amides is 1. The molecular weight excluding hydrogens is 431 g/mol. The maximum atomic E-state index is 13.6. The summed E-state index contributed by atoms with van der Waals surface area (Å²) in [5.41, 5.74) is 1.95. The number of methoxy groups -OCH3 is 1. The molecular formula is C24H25FN2O4S. The zero-order chi connectivity index (χ0) is 23.1. The van der Waals surface area contributed by atoms with Crippen LogP contribution < -0.4 is 14.4 Å². The van der Waals surface area contributed by atoms with Gasteiger partial charge in [-0.3, -0.25) is 9.10 Å². The maximum Gasteiger partial charge on any atom is 0.268 e. The molecule has 3 aromatic rings. The van der Waals surface area contributed by atoms with E-state index in [2.05, 4.69) is 5.32 Å². The van der Waals surface area contributed by atoms with Crippen LogP contribution in [-0.2, 0) is 21.2 Å². The summed E-state index contributed by atoms with van der Waals surface area (Å²) in [6, 6.07) is 19.4. The number of halogens is 1. The van der Waals surface area contributed by atoms with Gasteiger partial charge >= 0.3 is 0 Å². The van der Waals surface area contributed by atoms with Crippen LogP contribution in [-0.4, -0.2) is 34.5 Å². The number of hydrogen-bond donors (Lipinski definition) is 1. The molecule has 168 valence electrons. The molecule has 0 spiro atoms. The van der Waals surface area contributed by atoms with E-state index < -0.39 is 28.3 Å². The van der Waals surface area contributed by atoms with Crippen LogP contribution in [0.4, 0.5) is 10.1 Å². The van der Waals surface area contributed by atoms with Crippen molar-refractivity contribution < 1.29 is 22.3 Å². The van der Waals surface area contributed by atoms with Gasteiger partial charge in [-0.2, -0.15) is 0 Å². The lowest BCUT2D eigenvalue weighted by Gasteiger charge is -2.25. The van der Waals surface area contributed by atoms with Crippen LogP contribution in [0.3, 0.4) is 0 Å². The molecule has 0 aromatic heterocycles. The normalized spacial score (nSPS) is 11.1. The number of aryl methyl sites for hydroxylation is 1. The molecule has 0 radical (unpaired) electrons. The van der Waals surface area contributed by atoms with Crippen molar-refractivity contribution in [3.8, 4) is 5.75 Å². The quantitative estimate of drug-likeness (QED) is 0.533. The lowest BCUT2D eigenvalue weighted by Crippen LogP contribution is -2.41. The molecule has 0 atom stereocenters. The van der Waals surface area contributed by atoms with Crippen LogP contribution >= 0.6 is 0 Å². The minimum absolute atomic E-state index is 0.0681. The van der Waals surface area contributed by atoms with E-state index in [0.717, 1.165) is 27.6 Å². The Morgan fingerprint density at radius 3 is 2.38 bits per heavy atom. The zero-order valence-corrected chi connectivity index (χ0v) is 18.7. The molecule has 1 amide bonds. The highest BCUT2D eigenvalue weighted by Crippen LogP contribution is 2.30. The fourth-order valence-electron chi connectivity index (χ4n) is 3.20. The van der Waals surface area contributed by atoms with Crippen LogP contribution in [0.1, 0.15) is 11.1 Å². The van der Waals surface area contributed by atoms with Crippen LogP contribution in [0.5, 0.6) is 5.75 Å². The Balaban J connectivity index is 1.86. The first-order valence-electron chi connectivity index (χ1n) is 10.0. The van der Waals surface area contributed by atoms with Gasteiger partial charge in [0, 0.05) is 6.54 Å². The molecule has 0 unspecified atom stereocenters. The molecule has 0 aliphatic heterocycles. The molecule has 0 heterocycles. The van der Waals surface area contributed by atoms with Crippen molar-refractivity contribution in [2.45, 2.75) is 18.2 Å². The van der Waals surface area contributed by atoms with Crippen molar-refractivity contribution in [2.75, 3.05) is 24.5 Å². The molecule has 3 rings (SSSR count). The Hall–Kier alpha value is -3.39. The number of ether oxygens (including phenoxy) is 1. The number of nitrogens with zero attached hydrogens (tertiary/aromatic N) is 1. The molecule has 0 fully saturated rings. The molecule has 0 aliphatic rings. The summed E-state index contributed by atoms with van der Waals surface area (Å²) < 4.78 is 46.8. The van der Waals surface area contributed by atoms with Crippen LogP contribution in [0.25, 0.3) is 0 Å². The van der Waals surface area contributed by atoms with Crippen LogP contribution in [0.2, 0.25) is 0 Å². The van der Waals surface area contributed by atoms with Gasteiger partial charge in [0.2, 0.25) is 5.91 Å². The highest BCUT2D eigenvalue weighted by molar-refractivity contribution is 7.93. The fraction of sp³-hybridized carbons (Fsp3) is 0.208. The first-order valence-corrected chi connectivity index (χ1v) is 11.5. The summed E-state index contributed by atoms with van der Waals surface area (Å²) in [6.07, 6.45) is 0.613. The second kappa shape index (κ2) is 10.3. The Kier molecular flexibility index (Phi) is 7.48. The Morgan fingerprint density at radius 1 is 1.03 bits per heavy atom. The standard InChI is InChI=1S/C24H25FN2O4S/c1-18-8-13-22(31-2)23(16-18)32(29,30)27(21-11-9-20(25)10-12-21)17-24(28)26-15-14-19-6-4-3-5-7-19/h3-13,16H,14-15,17H2,1-2H3,(H,26,28). The minimum Gasteiger partial charge on any atom is -0.495 e. The average molecular weight is 457 g/mol. The summed E-state index contributed by atoms with van der Waals surface area (Å²) in [5.74, 6) is -0.820. The summed E-state index contributed by atoms with van der Waals surface area (Å²) >= 11 is 0. The van der Waals surface area contributed by atoms with E-state index in [4.69, 9.17) is 4.74 Å². The minimum atomic E-state index is -4.18. The third-order valence-electron chi connectivity index (χ3n) is 4.87. The zero-order valence-electron chi connectivity index (χ0n) is 17.9. The van der Waals surface area contributed by atoms with E-state index in [1.807, 2.05) is 30.3 Å². The lowest BCUT2D eigenvalue weighted by atomic mass is 10.1. The molecule has 0 aliphatic carbocycles. The molecule has 1 N–H and O–H groups in total. The number of carbonyl (C=O) groups is 1. The highest BCUT2D eigenvalue weighted by Gasteiger charge is 2.30. The summed E-state index contributed by atoms with van der Waals surface area (Å²) in [4.78, 5) is 12.6. The van der Waals surface area contributed by atoms with E-state index in [1.54, 1.807) is 19.1 Å². The van der Waals surface area contributed by atoms with Crippen molar-refractivity contribution in [1.29, 1.82) is 0 Å². The Bertz CT molecular complexity index is 1170. The highest BCUT2D eigenvalue weighted by atomic mass is 32.2. The van der Waals surface area contributed by atoms with Crippen LogP contribution in [0, 0.1) is 12.7 Å². The summed E-state index contributed by atoms with van der Waals surface area (Å²) in [7, 11) is -2.80. The van der Waals surface area contributed by atoms with Gasteiger partial charge in [0.05, 0.1) is 12.8 Å². The smallest absolute Gasteiger partial charge is 0.268 e. The molecule has 8 heteroatoms. The second-order valence-electron chi connectivity index (χ2n) is 7.23. The van der Waals surface area contributed by atoms with Gasteiger partial charge in [0.25, 0.3) is 10.0 Å². The molecule has 0 saturated heterocycles. The predicted molar refractivity (Wildman–Crippen MR) is 122 cm³/mol. The third kappa shape index (κ3) is 5.64. The molecule has 0 bridgehead atoms. The number of hydrogen-bond acceptors (Lipinski definition) is 4. The monoisotopic (exact) mass is 456 g/mol. The van der Waals surface area contributed by atoms with E-state index >= 15 is 0 Å². The number of carbonyl (C=O) groups excluding carboxylic acids is 1. The number of nitrogens with one attached hydrogen (secondary N) is 1. The first kappa shape index (κ1) is 23.3. The molecule has 32 heavy (non-hydrogen) atoms. The summed E-state index contributed by atoms with van der Waals surface area (Å²) in [6.45, 7) is 1.66. The largest absolute Gasteiger partial charge is 0.495 e. The van der Waals surface area contributed by atoms with Crippen molar-refractivity contribution in [1.82, 2.24) is 5.32 Å². The third-order valence-corrected chi connectivity index (χ3v) is 6.66. The van der Waals surface area contributed by atoms with Crippen molar-refractivity contribution >= 4 is 21.6 Å². The Morgan fingerprint density at radius 2 is 1.72 bits per heavy atom. The predicted octanol–water partition coefficient (Wildman–Crippen LogP) is 3.70. The van der Waals surface area contributed by atoms with Crippen molar-refractivity contribution in [3.05, 3.63) is 89.7 Å². The topological polar surface area (TPSA) is 75.7 Å². The van der Waals surface area contributed by atoms with Crippen LogP contribution in [0.15, 0.2) is 77.7 Å². The van der Waals surface area contributed by atoms with Gasteiger partial charge in [-0.05, 0) is 60.9 Å². The fourth-order valence-corrected chi connectivity index (χ4v) is 4.87. The van der Waals surface area contributed by atoms with Gasteiger partial charge in [-0.15, -0.1) is 0 Å². The van der Waals surface area contributed by atoms with Gasteiger partial charge < -0.3 is 10.1 Å². The Labute approximate surface area is 187 Å². The molecule has 3 aromatic carbocycles. The molecule has 0 saturated carbocycles. The van der Waals surface area contributed by atoms with Gasteiger partial charge in [0.15, 0.2) is 0 Å². The van der Waals surface area contributed by atoms with E-state index in [1.165, 1.54) is 25.3 Å². The van der Waals surface area contributed by atoms with Gasteiger partial charge in [-0.25, -0.2) is 12.8 Å². The average Bonchev–Trinajstić information content (AvgIpc) is 2.79. The van der Waals surface area contributed by atoms with E-state index in [9.17, 15) is 17.6 Å². The van der Waals surface area contributed by atoms with E-state index in [0.29, 0.717) is 13.0 Å². The summed E-state index contributed by atoms with van der Waals surface area (Å²) in [5, 5.41) is 2.76.